The maximum absolute atomic E-state index is 13.3. The van der Waals surface area contributed by atoms with E-state index in [0.717, 1.165) is 12.7 Å². The summed E-state index contributed by atoms with van der Waals surface area (Å²) in [6.07, 6.45) is 3.22. The third kappa shape index (κ3) is 10.3. The fourth-order valence-corrected chi connectivity index (χ4v) is 4.50. The molecule has 15 heteroatoms. The Hall–Kier alpha value is -2.88. The number of ether oxygens (including phenoxy) is 1. The Morgan fingerprint density at radius 3 is 2.15 bits per heavy atom. The van der Waals surface area contributed by atoms with Gasteiger partial charge in [-0.3, -0.25) is 9.69 Å². The second-order valence-corrected chi connectivity index (χ2v) is 12.0. The molecule has 0 saturated carbocycles. The van der Waals surface area contributed by atoms with Crippen LogP contribution in [0.5, 0.6) is 11.6 Å². The van der Waals surface area contributed by atoms with E-state index in [9.17, 15) is 26.0 Å². The molecule has 0 radical (unpaired) electrons. The Kier molecular flexibility index (Phi) is 11.6. The Morgan fingerprint density at radius 1 is 1.03 bits per heavy atom. The van der Waals surface area contributed by atoms with Crippen molar-refractivity contribution in [3.05, 3.63) is 47.2 Å². The molecule has 2 unspecified atom stereocenters. The second kappa shape index (κ2) is 14.0. The zero-order valence-corrected chi connectivity index (χ0v) is 24.4. The van der Waals surface area contributed by atoms with Crippen molar-refractivity contribution < 1.29 is 39.1 Å². The van der Waals surface area contributed by atoms with Gasteiger partial charge < -0.3 is 18.4 Å². The molecule has 0 aliphatic carbocycles. The van der Waals surface area contributed by atoms with E-state index in [-0.39, 0.29) is 18.5 Å². The van der Waals surface area contributed by atoms with Crippen LogP contribution in [0.3, 0.4) is 0 Å². The van der Waals surface area contributed by atoms with Gasteiger partial charge in [-0.15, -0.1) is 0 Å². The number of amides is 1. The van der Waals surface area contributed by atoms with Crippen LogP contribution in [0.25, 0.3) is 0 Å². The largest absolute Gasteiger partial charge is 0.381 e. The number of carbonyl (C=O) groups is 1. The summed E-state index contributed by atoms with van der Waals surface area (Å²) >= 11 is 0. The van der Waals surface area contributed by atoms with Gasteiger partial charge in [0.15, 0.2) is 11.5 Å². The van der Waals surface area contributed by atoms with Gasteiger partial charge in [0, 0.05) is 13.7 Å². The predicted molar refractivity (Wildman–Crippen MR) is 142 cm³/mol. The monoisotopic (exact) mass is 590 g/mol. The van der Waals surface area contributed by atoms with E-state index < -0.39 is 55.3 Å². The zero-order valence-electron chi connectivity index (χ0n) is 22.8. The summed E-state index contributed by atoms with van der Waals surface area (Å²) in [6, 6.07) is 4.83. The van der Waals surface area contributed by atoms with Crippen molar-refractivity contribution in [1.82, 2.24) is 20.2 Å². The van der Waals surface area contributed by atoms with Crippen molar-refractivity contribution in [2.45, 2.75) is 51.8 Å². The summed E-state index contributed by atoms with van der Waals surface area (Å²) in [4.78, 5) is 23.7. The number of nitrogens with one attached hydrogen (secondary N) is 1. The van der Waals surface area contributed by atoms with Gasteiger partial charge >= 0.3 is 20.2 Å². The fourth-order valence-electron chi connectivity index (χ4n) is 3.64. The highest BCUT2D eigenvalue weighted by molar-refractivity contribution is 7.86. The van der Waals surface area contributed by atoms with E-state index in [1.807, 2.05) is 18.7 Å². The number of nitrogens with zero attached hydrogens (tertiary/aromatic N) is 3. The number of hydrogen-bond donors (Lipinski definition) is 1. The second-order valence-electron chi connectivity index (χ2n) is 8.88. The van der Waals surface area contributed by atoms with E-state index in [1.54, 1.807) is 14.2 Å². The maximum atomic E-state index is 13.3. The highest BCUT2D eigenvalue weighted by Gasteiger charge is 2.31. The molecule has 1 amide bonds. The molecule has 0 saturated heterocycles. The molecule has 2 rings (SSSR count). The summed E-state index contributed by atoms with van der Waals surface area (Å²) in [6.45, 7) is 4.35. The molecule has 2 aromatic rings. The van der Waals surface area contributed by atoms with Crippen LogP contribution < -0.4 is 13.7 Å². The average molecular weight is 591 g/mol. The number of carbonyl (C=O) groups excluding carboxylic acids is 1. The standard InChI is InChI=1S/C24H35FN4O8S2/c1-7-18(35-4)13-14-19(29(3)8-2)22-27-20(23(30)26-15-16-9-11-17(25)12-10-16)21(36-38(5,31)32)24(28-22)37-39(6,33)34/h9-12,18-19H,7-8,13-15H2,1-6H3,(H,26,30). The molecule has 1 N–H and O–H groups in total. The molecule has 39 heavy (non-hydrogen) atoms. The number of benzene rings is 1. The quantitative estimate of drug-likeness (QED) is 0.304. The van der Waals surface area contributed by atoms with Crippen LogP contribution in [-0.4, -0.2) is 76.9 Å². The molecule has 1 aromatic heterocycles. The normalized spacial score (nSPS) is 13.6. The molecule has 12 nitrogen and oxygen atoms in total. The van der Waals surface area contributed by atoms with E-state index in [4.69, 9.17) is 13.1 Å². The van der Waals surface area contributed by atoms with Crippen LogP contribution in [0.4, 0.5) is 4.39 Å². The van der Waals surface area contributed by atoms with Crippen molar-refractivity contribution in [3.63, 3.8) is 0 Å². The number of halogens is 1. The lowest BCUT2D eigenvalue weighted by atomic mass is 10.0. The number of hydrogen-bond acceptors (Lipinski definition) is 11. The molecule has 0 bridgehead atoms. The minimum absolute atomic E-state index is 0.0248. The molecule has 1 heterocycles. The van der Waals surface area contributed by atoms with Crippen LogP contribution in [0, 0.1) is 5.82 Å². The Balaban J connectivity index is 2.66. The van der Waals surface area contributed by atoms with Gasteiger partial charge in [-0.25, -0.2) is 9.37 Å². The molecule has 2 atom stereocenters. The van der Waals surface area contributed by atoms with Crippen molar-refractivity contribution >= 4 is 26.1 Å². The van der Waals surface area contributed by atoms with E-state index >= 15 is 0 Å². The van der Waals surface area contributed by atoms with Gasteiger partial charge in [0.2, 0.25) is 5.75 Å². The van der Waals surface area contributed by atoms with E-state index in [2.05, 4.69) is 15.3 Å². The smallest absolute Gasteiger partial charge is 0.307 e. The fraction of sp³-hybridized carbons (Fsp3) is 0.542. The summed E-state index contributed by atoms with van der Waals surface area (Å²) < 4.78 is 76.9. The van der Waals surface area contributed by atoms with Crippen molar-refractivity contribution in [2.75, 3.05) is 33.2 Å². The molecule has 218 valence electrons. The highest BCUT2D eigenvalue weighted by Crippen LogP contribution is 2.34. The van der Waals surface area contributed by atoms with Crippen LogP contribution in [0.2, 0.25) is 0 Å². The van der Waals surface area contributed by atoms with E-state index in [1.165, 1.54) is 24.3 Å². The van der Waals surface area contributed by atoms with Gasteiger partial charge in [0.25, 0.3) is 11.8 Å². The molecular formula is C24H35FN4O8S2. The van der Waals surface area contributed by atoms with Gasteiger partial charge in [0.05, 0.1) is 24.7 Å². The Labute approximate surface area is 229 Å². The lowest BCUT2D eigenvalue weighted by Gasteiger charge is -2.28. The van der Waals surface area contributed by atoms with E-state index in [0.29, 0.717) is 31.2 Å². The minimum Gasteiger partial charge on any atom is -0.381 e. The topological polar surface area (TPSA) is 154 Å². The van der Waals surface area contributed by atoms with Gasteiger partial charge in [-0.1, -0.05) is 26.0 Å². The Bertz CT molecular complexity index is 1330. The number of rotatable bonds is 15. The molecule has 0 spiro atoms. The molecule has 0 fully saturated rings. The SMILES string of the molecule is CCC(CCC(c1nc(OS(C)(=O)=O)c(OS(C)(=O)=O)c(C(=O)NCc2ccc(F)cc2)n1)N(C)CC)OC. The van der Waals surface area contributed by atoms with Crippen LogP contribution >= 0.6 is 0 Å². The molecule has 0 aliphatic rings. The van der Waals surface area contributed by atoms with Crippen molar-refractivity contribution in [1.29, 1.82) is 0 Å². The lowest BCUT2D eigenvalue weighted by Crippen LogP contribution is -2.30. The van der Waals surface area contributed by atoms with Crippen LogP contribution in [0.15, 0.2) is 24.3 Å². The predicted octanol–water partition coefficient (Wildman–Crippen LogP) is 2.42. The van der Waals surface area contributed by atoms with Crippen LogP contribution in [-0.2, 0) is 31.5 Å². The molecule has 0 aliphatic heterocycles. The number of methoxy groups -OCH3 is 1. The number of aromatic nitrogens is 2. The third-order valence-electron chi connectivity index (χ3n) is 5.78. The van der Waals surface area contributed by atoms with Crippen molar-refractivity contribution in [2.24, 2.45) is 0 Å². The first-order chi connectivity index (χ1) is 18.2. The first-order valence-electron chi connectivity index (χ1n) is 12.1. The van der Waals surface area contributed by atoms with Crippen molar-refractivity contribution in [3.8, 4) is 11.6 Å². The summed E-state index contributed by atoms with van der Waals surface area (Å²) in [5.41, 5.74) is 0.00505. The third-order valence-corrected chi connectivity index (χ3v) is 6.71. The Morgan fingerprint density at radius 2 is 1.64 bits per heavy atom. The summed E-state index contributed by atoms with van der Waals surface area (Å²) in [7, 11) is -5.09. The maximum Gasteiger partial charge on any atom is 0.307 e. The molecular weight excluding hydrogens is 555 g/mol. The summed E-state index contributed by atoms with van der Waals surface area (Å²) in [5.74, 6) is -2.84. The average Bonchev–Trinajstić information content (AvgIpc) is 2.85. The van der Waals surface area contributed by atoms with Gasteiger partial charge in [-0.05, 0) is 50.6 Å². The van der Waals surface area contributed by atoms with Crippen LogP contribution in [0.1, 0.15) is 61.0 Å². The minimum atomic E-state index is -4.27. The first kappa shape index (κ1) is 32.3. The molecule has 1 aromatic carbocycles. The lowest BCUT2D eigenvalue weighted by molar-refractivity contribution is 0.0802. The van der Waals surface area contributed by atoms with Gasteiger partial charge in [-0.2, -0.15) is 21.8 Å². The summed E-state index contributed by atoms with van der Waals surface area (Å²) in [5, 5.41) is 2.56. The first-order valence-corrected chi connectivity index (χ1v) is 15.8. The van der Waals surface area contributed by atoms with Gasteiger partial charge in [0.1, 0.15) is 5.82 Å². The zero-order chi connectivity index (χ0) is 29.4. The highest BCUT2D eigenvalue weighted by atomic mass is 32.2.